The molecule has 0 saturated carbocycles. The first kappa shape index (κ1) is 13.1. The van der Waals surface area contributed by atoms with Crippen molar-refractivity contribution in [3.8, 4) is 0 Å². The minimum Gasteiger partial charge on any atom is -0.378 e. The van der Waals surface area contributed by atoms with Gasteiger partial charge in [-0.05, 0) is 49.4 Å². The normalized spacial score (nSPS) is 24.1. The summed E-state index contributed by atoms with van der Waals surface area (Å²) in [6.07, 6.45) is 3.64. The second-order valence-corrected chi connectivity index (χ2v) is 5.54. The van der Waals surface area contributed by atoms with Crippen molar-refractivity contribution in [3.63, 3.8) is 0 Å². The molecule has 3 rings (SSSR count). The molecule has 1 unspecified atom stereocenters. The van der Waals surface area contributed by atoms with E-state index in [4.69, 9.17) is 9.47 Å². The van der Waals surface area contributed by atoms with Crippen LogP contribution in [0.5, 0.6) is 0 Å². The molecule has 0 aliphatic carbocycles. The van der Waals surface area contributed by atoms with Crippen LogP contribution < -0.4 is 5.32 Å². The van der Waals surface area contributed by atoms with E-state index in [9.17, 15) is 0 Å². The van der Waals surface area contributed by atoms with Gasteiger partial charge in [-0.3, -0.25) is 0 Å². The molecule has 0 spiro atoms. The van der Waals surface area contributed by atoms with Crippen LogP contribution in [0.25, 0.3) is 0 Å². The van der Waals surface area contributed by atoms with Gasteiger partial charge in [-0.1, -0.05) is 24.3 Å². The molecule has 0 amide bonds. The minimum atomic E-state index is 0.131. The van der Waals surface area contributed by atoms with Gasteiger partial charge in [0, 0.05) is 6.61 Å². The van der Waals surface area contributed by atoms with E-state index in [2.05, 4.69) is 29.6 Å². The third-order valence-corrected chi connectivity index (χ3v) is 4.17. The maximum absolute atomic E-state index is 5.92. The number of ether oxygens (including phenoxy) is 2. The largest absolute Gasteiger partial charge is 0.378 e. The fraction of sp³-hybridized carbons (Fsp3) is 0.625. The highest BCUT2D eigenvalue weighted by atomic mass is 16.5. The minimum absolute atomic E-state index is 0.131. The van der Waals surface area contributed by atoms with Gasteiger partial charge in [-0.25, -0.2) is 0 Å². The summed E-state index contributed by atoms with van der Waals surface area (Å²) in [5.41, 5.74) is 2.74. The number of benzene rings is 1. The van der Waals surface area contributed by atoms with Crippen molar-refractivity contribution in [2.45, 2.75) is 25.4 Å². The van der Waals surface area contributed by atoms with Crippen LogP contribution in [0.4, 0.5) is 0 Å². The molecule has 2 aliphatic heterocycles. The molecule has 3 nitrogen and oxygen atoms in total. The summed E-state index contributed by atoms with van der Waals surface area (Å²) in [6.45, 7) is 4.66. The van der Waals surface area contributed by atoms with Crippen LogP contribution in [0.3, 0.4) is 0 Å². The number of fused-ring (bicyclic) bond motifs is 1. The summed E-state index contributed by atoms with van der Waals surface area (Å²) in [5, 5.41) is 3.39. The molecular formula is C16H23NO2. The van der Waals surface area contributed by atoms with Gasteiger partial charge in [0.05, 0.1) is 13.2 Å². The summed E-state index contributed by atoms with van der Waals surface area (Å²) in [7, 11) is 0. The average Bonchev–Trinajstić information content (AvgIpc) is 2.49. The Morgan fingerprint density at radius 2 is 2.00 bits per heavy atom. The van der Waals surface area contributed by atoms with Gasteiger partial charge in [-0.2, -0.15) is 0 Å². The van der Waals surface area contributed by atoms with Crippen LogP contribution in [-0.2, 0) is 15.9 Å². The van der Waals surface area contributed by atoms with Gasteiger partial charge < -0.3 is 14.8 Å². The van der Waals surface area contributed by atoms with Crippen LogP contribution in [-0.4, -0.2) is 32.9 Å². The monoisotopic (exact) mass is 261 g/mol. The second-order valence-electron chi connectivity index (χ2n) is 5.54. The SMILES string of the molecule is c1ccc2c(c1)CCOC2COCC1CCNCC1. The van der Waals surface area contributed by atoms with Gasteiger partial charge in [-0.15, -0.1) is 0 Å². The van der Waals surface area contributed by atoms with Crippen LogP contribution in [0, 0.1) is 5.92 Å². The Bertz CT molecular complexity index is 401. The van der Waals surface area contributed by atoms with Gasteiger partial charge in [0.2, 0.25) is 0 Å². The Hall–Kier alpha value is -0.900. The second kappa shape index (κ2) is 6.51. The van der Waals surface area contributed by atoms with E-state index < -0.39 is 0 Å². The van der Waals surface area contributed by atoms with Gasteiger partial charge in [0.1, 0.15) is 6.10 Å². The molecule has 0 bridgehead atoms. The standard InChI is InChI=1S/C16H23NO2/c1-2-4-15-14(3-1)7-10-19-16(15)12-18-11-13-5-8-17-9-6-13/h1-4,13,16-17H,5-12H2. The molecule has 1 fully saturated rings. The van der Waals surface area contributed by atoms with Crippen molar-refractivity contribution < 1.29 is 9.47 Å². The average molecular weight is 261 g/mol. The third kappa shape index (κ3) is 3.35. The first-order valence-electron chi connectivity index (χ1n) is 7.41. The zero-order chi connectivity index (χ0) is 12.9. The van der Waals surface area contributed by atoms with Crippen molar-refractivity contribution in [3.05, 3.63) is 35.4 Å². The van der Waals surface area contributed by atoms with Crippen molar-refractivity contribution in [2.24, 2.45) is 5.92 Å². The quantitative estimate of drug-likeness (QED) is 0.902. The number of hydrogen-bond acceptors (Lipinski definition) is 3. The van der Waals surface area contributed by atoms with Crippen LogP contribution in [0.1, 0.15) is 30.1 Å². The van der Waals surface area contributed by atoms with Crippen LogP contribution >= 0.6 is 0 Å². The smallest absolute Gasteiger partial charge is 0.106 e. The highest BCUT2D eigenvalue weighted by molar-refractivity contribution is 5.30. The van der Waals surface area contributed by atoms with Gasteiger partial charge in [0.25, 0.3) is 0 Å². The highest BCUT2D eigenvalue weighted by Crippen LogP contribution is 2.27. The van der Waals surface area contributed by atoms with E-state index in [1.807, 2.05) is 0 Å². The van der Waals surface area contributed by atoms with E-state index in [1.165, 1.54) is 24.0 Å². The lowest BCUT2D eigenvalue weighted by atomic mass is 9.97. The summed E-state index contributed by atoms with van der Waals surface area (Å²) in [5.74, 6) is 0.722. The van der Waals surface area contributed by atoms with E-state index in [1.54, 1.807) is 0 Å². The Balaban J connectivity index is 1.50. The number of nitrogens with one attached hydrogen (secondary N) is 1. The summed E-state index contributed by atoms with van der Waals surface area (Å²) in [4.78, 5) is 0. The van der Waals surface area contributed by atoms with E-state index >= 15 is 0 Å². The molecule has 1 saturated heterocycles. The lowest BCUT2D eigenvalue weighted by Gasteiger charge is -2.27. The van der Waals surface area contributed by atoms with Crippen LogP contribution in [0.2, 0.25) is 0 Å². The van der Waals surface area contributed by atoms with Crippen molar-refractivity contribution in [1.82, 2.24) is 5.32 Å². The van der Waals surface area contributed by atoms with E-state index in [0.29, 0.717) is 6.61 Å². The van der Waals surface area contributed by atoms with Crippen molar-refractivity contribution >= 4 is 0 Å². The summed E-state index contributed by atoms with van der Waals surface area (Å²) in [6, 6.07) is 8.58. The highest BCUT2D eigenvalue weighted by Gasteiger charge is 2.21. The Labute approximate surface area is 115 Å². The Morgan fingerprint density at radius 1 is 1.16 bits per heavy atom. The first-order valence-corrected chi connectivity index (χ1v) is 7.41. The predicted molar refractivity (Wildman–Crippen MR) is 75.3 cm³/mol. The lowest BCUT2D eigenvalue weighted by Crippen LogP contribution is -2.30. The summed E-state index contributed by atoms with van der Waals surface area (Å²) >= 11 is 0. The number of piperidine rings is 1. The fourth-order valence-corrected chi connectivity index (χ4v) is 3.00. The number of hydrogen-bond donors (Lipinski definition) is 1. The molecule has 0 radical (unpaired) electrons. The molecule has 1 N–H and O–H groups in total. The molecule has 1 aromatic carbocycles. The van der Waals surface area contributed by atoms with Gasteiger partial charge in [0.15, 0.2) is 0 Å². The van der Waals surface area contributed by atoms with Crippen LogP contribution in [0.15, 0.2) is 24.3 Å². The Kier molecular flexibility index (Phi) is 4.49. The maximum atomic E-state index is 5.92. The van der Waals surface area contributed by atoms with Crippen molar-refractivity contribution in [2.75, 3.05) is 32.9 Å². The predicted octanol–water partition coefficient (Wildman–Crippen LogP) is 2.32. The molecule has 0 aromatic heterocycles. The molecule has 1 atom stereocenters. The fourth-order valence-electron chi connectivity index (χ4n) is 3.00. The zero-order valence-corrected chi connectivity index (χ0v) is 11.4. The van der Waals surface area contributed by atoms with E-state index in [-0.39, 0.29) is 6.10 Å². The van der Waals surface area contributed by atoms with Gasteiger partial charge >= 0.3 is 0 Å². The zero-order valence-electron chi connectivity index (χ0n) is 11.4. The maximum Gasteiger partial charge on any atom is 0.106 e. The molecule has 2 heterocycles. The number of rotatable bonds is 4. The van der Waals surface area contributed by atoms with Crippen molar-refractivity contribution in [1.29, 1.82) is 0 Å². The molecule has 19 heavy (non-hydrogen) atoms. The topological polar surface area (TPSA) is 30.5 Å². The summed E-state index contributed by atoms with van der Waals surface area (Å²) < 4.78 is 11.8. The molecule has 1 aromatic rings. The molecule has 2 aliphatic rings. The third-order valence-electron chi connectivity index (χ3n) is 4.17. The molecular weight excluding hydrogens is 238 g/mol. The first-order chi connectivity index (χ1) is 9.43. The molecule has 104 valence electrons. The molecule has 3 heteroatoms. The lowest BCUT2D eigenvalue weighted by molar-refractivity contribution is -0.0346. The van der Waals surface area contributed by atoms with E-state index in [0.717, 1.165) is 38.6 Å². The Morgan fingerprint density at radius 3 is 2.89 bits per heavy atom.